The fraction of sp³-hybridized carbons (Fsp3) is 0.882. The van der Waals surface area contributed by atoms with E-state index < -0.39 is 18.1 Å². The van der Waals surface area contributed by atoms with Gasteiger partial charge in [-0.05, 0) is 45.1 Å². The molecule has 6 nitrogen and oxygen atoms in total. The molecule has 26 heavy (non-hydrogen) atoms. The molecule has 0 aromatic carbocycles. The summed E-state index contributed by atoms with van der Waals surface area (Å²) in [5.41, 5.74) is 0. The maximum absolute atomic E-state index is 12.7. The number of hydrogen-bond donors (Lipinski definition) is 2. The monoisotopic (exact) mass is 379 g/mol. The average molecular weight is 379 g/mol. The number of hydrogen-bond acceptors (Lipinski definition) is 3. The number of nitrogens with one attached hydrogen (secondary N) is 1. The molecule has 2 N–H and O–H groups in total. The largest absolute Gasteiger partial charge is 0.480 e. The number of urea groups is 1. The molecule has 0 heterocycles. The lowest BCUT2D eigenvalue weighted by Gasteiger charge is -2.43. The molecule has 150 valence electrons. The van der Waals surface area contributed by atoms with Gasteiger partial charge in [-0.15, -0.1) is 0 Å². The molecular weight excluding hydrogens is 351 g/mol. The summed E-state index contributed by atoms with van der Waals surface area (Å²) in [5.74, 6) is -2.12. The third kappa shape index (κ3) is 5.25. The molecule has 2 amide bonds. The fourth-order valence-corrected chi connectivity index (χ4v) is 3.91. The van der Waals surface area contributed by atoms with Crippen LogP contribution in [0.5, 0.6) is 0 Å². The Morgan fingerprint density at radius 2 is 1.69 bits per heavy atom. The molecule has 0 spiro atoms. The van der Waals surface area contributed by atoms with E-state index in [0.717, 1.165) is 0 Å². The van der Waals surface area contributed by atoms with Gasteiger partial charge in [0.25, 0.3) is 0 Å². The zero-order chi connectivity index (χ0) is 19.5. The number of rotatable bonds is 6. The molecule has 0 atom stereocenters. The number of carbonyl (C=O) groups is 2. The molecule has 0 aromatic heterocycles. The Bertz CT molecular complexity index is 501. The van der Waals surface area contributed by atoms with Crippen molar-refractivity contribution in [2.75, 3.05) is 20.1 Å². The van der Waals surface area contributed by atoms with Crippen molar-refractivity contribution in [2.45, 2.75) is 69.8 Å². The van der Waals surface area contributed by atoms with E-state index in [1.54, 1.807) is 7.05 Å². The second-order valence-electron chi connectivity index (χ2n) is 7.39. The van der Waals surface area contributed by atoms with E-state index in [4.69, 9.17) is 5.11 Å². The molecule has 9 heteroatoms. The van der Waals surface area contributed by atoms with Crippen molar-refractivity contribution in [1.29, 1.82) is 0 Å². The van der Waals surface area contributed by atoms with Gasteiger partial charge in [0.1, 0.15) is 0 Å². The summed E-state index contributed by atoms with van der Waals surface area (Å²) in [7, 11) is 1.63. The first-order valence-corrected chi connectivity index (χ1v) is 9.17. The van der Waals surface area contributed by atoms with Gasteiger partial charge < -0.3 is 15.3 Å². The topological polar surface area (TPSA) is 72.9 Å². The van der Waals surface area contributed by atoms with Crippen molar-refractivity contribution < 1.29 is 27.9 Å². The number of likely N-dealkylation sites (N-methyl/N-ethyl adjacent to an activating group) is 1. The normalized spacial score (nSPS) is 29.2. The smallest absolute Gasteiger partial charge is 0.391 e. The van der Waals surface area contributed by atoms with Crippen LogP contribution in [0.25, 0.3) is 0 Å². The van der Waals surface area contributed by atoms with Crippen LogP contribution >= 0.6 is 0 Å². The number of carbonyl (C=O) groups excluding carboxylic acids is 1. The quantitative estimate of drug-likeness (QED) is 0.744. The van der Waals surface area contributed by atoms with Crippen LogP contribution in [0.2, 0.25) is 0 Å². The highest BCUT2D eigenvalue weighted by Gasteiger charge is 2.42. The number of carboxylic acids is 1. The first-order chi connectivity index (χ1) is 12.1. The third-order valence-corrected chi connectivity index (χ3v) is 5.73. The van der Waals surface area contributed by atoms with Crippen molar-refractivity contribution in [3.63, 3.8) is 0 Å². The number of aliphatic carboxylic acids is 1. The summed E-state index contributed by atoms with van der Waals surface area (Å²) >= 11 is 0. The Labute approximate surface area is 151 Å². The van der Waals surface area contributed by atoms with Gasteiger partial charge in [0.15, 0.2) is 0 Å². The maximum atomic E-state index is 12.7. The van der Waals surface area contributed by atoms with Crippen LogP contribution in [0, 0.1) is 5.92 Å². The highest BCUT2D eigenvalue weighted by atomic mass is 19.4. The Morgan fingerprint density at radius 3 is 2.15 bits per heavy atom. The van der Waals surface area contributed by atoms with Gasteiger partial charge in [-0.2, -0.15) is 13.2 Å². The number of nitrogens with zero attached hydrogens (tertiary/aromatic N) is 2. The number of alkyl halides is 3. The van der Waals surface area contributed by atoms with Gasteiger partial charge in [-0.25, -0.2) is 4.79 Å². The highest BCUT2D eigenvalue weighted by molar-refractivity contribution is 5.74. The molecule has 2 saturated carbocycles. The van der Waals surface area contributed by atoms with Crippen LogP contribution in [0.15, 0.2) is 0 Å². The van der Waals surface area contributed by atoms with Crippen LogP contribution in [0.4, 0.5) is 18.0 Å². The number of halogens is 3. The molecule has 0 saturated heterocycles. The van der Waals surface area contributed by atoms with Crippen molar-refractivity contribution in [3.05, 3.63) is 0 Å². The van der Waals surface area contributed by atoms with E-state index in [0.29, 0.717) is 32.2 Å². The van der Waals surface area contributed by atoms with Crippen LogP contribution in [-0.2, 0) is 4.79 Å². The minimum Gasteiger partial charge on any atom is -0.480 e. The van der Waals surface area contributed by atoms with E-state index in [9.17, 15) is 22.8 Å². The van der Waals surface area contributed by atoms with Crippen molar-refractivity contribution in [1.82, 2.24) is 15.1 Å². The zero-order valence-electron chi connectivity index (χ0n) is 15.3. The molecule has 0 unspecified atom stereocenters. The van der Waals surface area contributed by atoms with Gasteiger partial charge >= 0.3 is 18.2 Å². The zero-order valence-corrected chi connectivity index (χ0v) is 15.3. The molecule has 0 bridgehead atoms. The summed E-state index contributed by atoms with van der Waals surface area (Å²) in [6.07, 6.45) is -1.89. The van der Waals surface area contributed by atoms with E-state index in [-0.39, 0.29) is 43.5 Å². The van der Waals surface area contributed by atoms with Crippen LogP contribution in [-0.4, -0.2) is 71.3 Å². The number of carboxylic acid groups (broad SMARTS) is 1. The molecular formula is C17H28F3N3O3. The lowest BCUT2D eigenvalue weighted by Crippen LogP contribution is -2.57. The first-order valence-electron chi connectivity index (χ1n) is 9.17. The van der Waals surface area contributed by atoms with Gasteiger partial charge in [-0.1, -0.05) is 6.92 Å². The van der Waals surface area contributed by atoms with Gasteiger partial charge in [0.2, 0.25) is 0 Å². The van der Waals surface area contributed by atoms with E-state index in [1.807, 2.05) is 11.8 Å². The molecule has 2 aliphatic carbocycles. The van der Waals surface area contributed by atoms with Crippen LogP contribution in [0.3, 0.4) is 0 Å². The van der Waals surface area contributed by atoms with Crippen molar-refractivity contribution in [3.8, 4) is 0 Å². The SMILES string of the molecule is CCN(CC(=O)O)C1CC(NC(=O)N(C)C2CCC(C(F)(F)F)CC2)C1. The summed E-state index contributed by atoms with van der Waals surface area (Å²) < 4.78 is 38.2. The van der Waals surface area contributed by atoms with Crippen molar-refractivity contribution in [2.24, 2.45) is 5.92 Å². The lowest BCUT2D eigenvalue weighted by molar-refractivity contribution is -0.183. The molecule has 2 fully saturated rings. The Morgan fingerprint density at radius 1 is 1.12 bits per heavy atom. The van der Waals surface area contributed by atoms with Crippen LogP contribution < -0.4 is 5.32 Å². The standard InChI is InChI=1S/C17H28F3N3O3/c1-3-23(10-15(24)25)14-8-12(9-14)21-16(26)22(2)13-6-4-11(5-7-13)17(18,19)20/h11-14H,3-10H2,1-2H3,(H,21,26)(H,24,25). The Kier molecular flexibility index (Phi) is 6.76. The summed E-state index contributed by atoms with van der Waals surface area (Å²) in [4.78, 5) is 26.6. The predicted molar refractivity (Wildman–Crippen MR) is 89.8 cm³/mol. The number of amides is 2. The molecule has 0 radical (unpaired) electrons. The fourth-order valence-electron chi connectivity index (χ4n) is 3.91. The predicted octanol–water partition coefficient (Wildman–Crippen LogP) is 2.69. The van der Waals surface area contributed by atoms with Gasteiger partial charge in [-0.3, -0.25) is 9.69 Å². The highest BCUT2D eigenvalue weighted by Crippen LogP contribution is 2.38. The molecule has 2 rings (SSSR count). The second kappa shape index (κ2) is 8.45. The summed E-state index contributed by atoms with van der Waals surface area (Å²) in [6, 6.07) is -0.285. The second-order valence-corrected chi connectivity index (χ2v) is 7.39. The van der Waals surface area contributed by atoms with E-state index >= 15 is 0 Å². The molecule has 0 aromatic rings. The van der Waals surface area contributed by atoms with Crippen LogP contribution in [0.1, 0.15) is 45.4 Å². The first kappa shape index (κ1) is 20.8. The molecule has 0 aliphatic heterocycles. The minimum atomic E-state index is -4.14. The summed E-state index contributed by atoms with van der Waals surface area (Å²) in [5, 5.41) is 11.8. The molecule has 2 aliphatic rings. The summed E-state index contributed by atoms with van der Waals surface area (Å²) in [6.45, 7) is 2.53. The Balaban J connectivity index is 1.73. The van der Waals surface area contributed by atoms with Gasteiger partial charge in [0, 0.05) is 25.2 Å². The van der Waals surface area contributed by atoms with E-state index in [1.165, 1.54) is 4.90 Å². The average Bonchev–Trinajstić information content (AvgIpc) is 2.54. The lowest BCUT2D eigenvalue weighted by atomic mass is 9.84. The maximum Gasteiger partial charge on any atom is 0.391 e. The van der Waals surface area contributed by atoms with E-state index in [2.05, 4.69) is 5.32 Å². The van der Waals surface area contributed by atoms with Crippen molar-refractivity contribution >= 4 is 12.0 Å². The minimum absolute atomic E-state index is 0.00974. The van der Waals surface area contributed by atoms with Gasteiger partial charge in [0.05, 0.1) is 12.5 Å². The Hall–Kier alpha value is -1.51. The third-order valence-electron chi connectivity index (χ3n) is 5.73.